The second-order valence-electron chi connectivity index (χ2n) is 9.77. The molecule has 2 aliphatic rings. The molecule has 2 aromatic carbocycles. The molecular formula is C29H22F3N7O2S. The zero-order chi connectivity index (χ0) is 29.3. The monoisotopic (exact) mass is 589 g/mol. The summed E-state index contributed by atoms with van der Waals surface area (Å²) in [5, 5.41) is 5.95. The molecule has 9 nitrogen and oxygen atoms in total. The second-order valence-corrected chi connectivity index (χ2v) is 10.8. The number of benzene rings is 2. The van der Waals surface area contributed by atoms with Crippen LogP contribution in [-0.4, -0.2) is 50.8 Å². The first kappa shape index (κ1) is 27.4. The molecule has 2 amide bonds. The number of fused-ring (bicyclic) bond motifs is 1. The molecule has 1 unspecified atom stereocenters. The van der Waals surface area contributed by atoms with E-state index in [0.717, 1.165) is 18.6 Å². The normalized spacial score (nSPS) is 19.5. The highest BCUT2D eigenvalue weighted by Gasteiger charge is 2.51. The minimum Gasteiger partial charge on any atom is -0.338 e. The number of hydrogen-bond acceptors (Lipinski definition) is 8. The van der Waals surface area contributed by atoms with Gasteiger partial charge in [-0.2, -0.15) is 0 Å². The van der Waals surface area contributed by atoms with Crippen LogP contribution < -0.4 is 15.5 Å². The number of aromatic nitrogens is 3. The molecule has 2 atom stereocenters. The SMILES string of the molecule is O=C(NC1=NC2(c3cccc(NC(=O)c4ncc(F)cc4F)c3)CN(c3ncc(F)cn3)C[C@H]2CS1)c1ccccc1. The van der Waals surface area contributed by atoms with Gasteiger partial charge in [0.1, 0.15) is 11.4 Å². The third-order valence-corrected chi connectivity index (χ3v) is 8.10. The summed E-state index contributed by atoms with van der Waals surface area (Å²) in [5.74, 6) is -2.83. The Labute approximate surface area is 242 Å². The van der Waals surface area contributed by atoms with Crippen molar-refractivity contribution in [1.82, 2.24) is 20.3 Å². The Morgan fingerprint density at radius 3 is 2.40 bits per heavy atom. The number of nitrogens with one attached hydrogen (secondary N) is 2. The molecule has 0 aliphatic carbocycles. The zero-order valence-corrected chi connectivity index (χ0v) is 22.6. The molecule has 1 fully saturated rings. The molecule has 0 saturated carbocycles. The number of carbonyl (C=O) groups excluding carboxylic acids is 2. The van der Waals surface area contributed by atoms with E-state index in [1.54, 1.807) is 42.5 Å². The van der Waals surface area contributed by atoms with E-state index < -0.39 is 34.6 Å². The van der Waals surface area contributed by atoms with Crippen molar-refractivity contribution >= 4 is 40.4 Å². The average molecular weight is 590 g/mol. The van der Waals surface area contributed by atoms with Gasteiger partial charge in [-0.3, -0.25) is 9.59 Å². The molecule has 2 aromatic heterocycles. The molecule has 4 aromatic rings. The average Bonchev–Trinajstić information content (AvgIpc) is 3.38. The fourth-order valence-electron chi connectivity index (χ4n) is 5.09. The number of thioether (sulfide) groups is 1. The summed E-state index contributed by atoms with van der Waals surface area (Å²) >= 11 is 1.41. The highest BCUT2D eigenvalue weighted by atomic mass is 32.2. The zero-order valence-electron chi connectivity index (χ0n) is 21.8. The first-order chi connectivity index (χ1) is 20.3. The van der Waals surface area contributed by atoms with E-state index in [-0.39, 0.29) is 11.8 Å². The van der Waals surface area contributed by atoms with Crippen LogP contribution in [0.3, 0.4) is 0 Å². The molecule has 2 aliphatic heterocycles. The third kappa shape index (κ3) is 5.42. The smallest absolute Gasteiger partial charge is 0.277 e. The van der Waals surface area contributed by atoms with E-state index in [2.05, 4.69) is 25.6 Å². The second kappa shape index (κ2) is 11.2. The molecule has 42 heavy (non-hydrogen) atoms. The van der Waals surface area contributed by atoms with Crippen LogP contribution in [0.1, 0.15) is 26.4 Å². The third-order valence-electron chi connectivity index (χ3n) is 7.06. The lowest BCUT2D eigenvalue weighted by Gasteiger charge is -2.35. The maximum atomic E-state index is 14.2. The lowest BCUT2D eigenvalue weighted by molar-refractivity contribution is 0.0975. The van der Waals surface area contributed by atoms with Gasteiger partial charge in [0, 0.05) is 35.5 Å². The molecule has 0 bridgehead atoms. The van der Waals surface area contributed by atoms with Gasteiger partial charge in [0.25, 0.3) is 11.8 Å². The number of halogens is 3. The lowest BCUT2D eigenvalue weighted by Crippen LogP contribution is -2.42. The quantitative estimate of drug-likeness (QED) is 0.355. The number of nitrogens with zero attached hydrogens (tertiary/aromatic N) is 5. The molecule has 2 N–H and O–H groups in total. The molecule has 1 saturated heterocycles. The Balaban J connectivity index is 1.35. The van der Waals surface area contributed by atoms with Crippen LogP contribution in [0.4, 0.5) is 24.8 Å². The van der Waals surface area contributed by atoms with Gasteiger partial charge in [0.2, 0.25) is 5.95 Å². The molecule has 6 rings (SSSR count). The van der Waals surface area contributed by atoms with E-state index >= 15 is 0 Å². The van der Waals surface area contributed by atoms with Crippen molar-refractivity contribution in [2.45, 2.75) is 5.54 Å². The van der Waals surface area contributed by atoms with Crippen molar-refractivity contribution in [1.29, 1.82) is 0 Å². The molecule has 0 radical (unpaired) electrons. The predicted molar refractivity (Wildman–Crippen MR) is 152 cm³/mol. The summed E-state index contributed by atoms with van der Waals surface area (Å²) in [6.07, 6.45) is 2.96. The molecule has 0 spiro atoms. The summed E-state index contributed by atoms with van der Waals surface area (Å²) in [6.45, 7) is 0.809. The Morgan fingerprint density at radius 2 is 1.64 bits per heavy atom. The van der Waals surface area contributed by atoms with Gasteiger partial charge >= 0.3 is 0 Å². The Bertz CT molecular complexity index is 1690. The van der Waals surface area contributed by atoms with Crippen LogP contribution >= 0.6 is 11.8 Å². The Hall–Kier alpha value is -4.78. The Kier molecular flexibility index (Phi) is 7.33. The van der Waals surface area contributed by atoms with Crippen molar-refractivity contribution in [2.24, 2.45) is 10.9 Å². The summed E-state index contributed by atoms with van der Waals surface area (Å²) < 4.78 is 41.0. The van der Waals surface area contributed by atoms with E-state index in [4.69, 9.17) is 4.99 Å². The molecule has 13 heteroatoms. The van der Waals surface area contributed by atoms with Gasteiger partial charge in [0.15, 0.2) is 22.5 Å². The van der Waals surface area contributed by atoms with Crippen molar-refractivity contribution in [3.8, 4) is 0 Å². The summed E-state index contributed by atoms with van der Waals surface area (Å²) in [4.78, 5) is 44.5. The van der Waals surface area contributed by atoms with E-state index in [9.17, 15) is 22.8 Å². The predicted octanol–water partition coefficient (Wildman–Crippen LogP) is 4.41. The lowest BCUT2D eigenvalue weighted by atomic mass is 9.81. The van der Waals surface area contributed by atoms with Crippen LogP contribution in [0.25, 0.3) is 0 Å². The first-order valence-electron chi connectivity index (χ1n) is 12.9. The van der Waals surface area contributed by atoms with Crippen LogP contribution in [0.5, 0.6) is 0 Å². The fourth-order valence-corrected chi connectivity index (χ4v) is 6.22. The standard InChI is InChI=1S/C29H22F3N7O2S/c30-20-10-23(32)24(33-11-20)26(41)36-22-8-4-7-18(9-22)29-16-39(27-34-12-21(31)13-35-27)14-19(29)15-42-28(38-29)37-25(40)17-5-2-1-3-6-17/h1-13,19H,14-16H2,(H,36,41)(H,37,38,40)/t19-,29?/m0/s1. The maximum Gasteiger partial charge on any atom is 0.277 e. The van der Waals surface area contributed by atoms with Gasteiger partial charge in [-0.1, -0.05) is 42.1 Å². The maximum absolute atomic E-state index is 14.2. The number of carbonyl (C=O) groups is 2. The van der Waals surface area contributed by atoms with Crippen LogP contribution in [0.2, 0.25) is 0 Å². The number of anilines is 2. The number of amides is 2. The van der Waals surface area contributed by atoms with Crippen molar-refractivity contribution < 1.29 is 22.8 Å². The topological polar surface area (TPSA) is 112 Å². The van der Waals surface area contributed by atoms with Gasteiger partial charge in [0.05, 0.1) is 25.1 Å². The van der Waals surface area contributed by atoms with Crippen molar-refractivity contribution in [2.75, 3.05) is 29.1 Å². The largest absolute Gasteiger partial charge is 0.338 e. The fraction of sp³-hybridized carbons (Fsp3) is 0.172. The first-order valence-corrected chi connectivity index (χ1v) is 13.8. The number of hydrogen-bond donors (Lipinski definition) is 2. The van der Waals surface area contributed by atoms with Gasteiger partial charge in [-0.05, 0) is 29.8 Å². The molecular weight excluding hydrogens is 567 g/mol. The highest BCUT2D eigenvalue weighted by molar-refractivity contribution is 8.13. The van der Waals surface area contributed by atoms with Crippen molar-refractivity contribution in [3.63, 3.8) is 0 Å². The number of amidine groups is 1. The Morgan fingerprint density at radius 1 is 0.881 bits per heavy atom. The number of aliphatic imine (C=N–C) groups is 1. The van der Waals surface area contributed by atoms with Crippen molar-refractivity contribution in [3.05, 3.63) is 114 Å². The highest BCUT2D eigenvalue weighted by Crippen LogP contribution is 2.46. The summed E-state index contributed by atoms with van der Waals surface area (Å²) in [6, 6.07) is 16.3. The van der Waals surface area contributed by atoms with E-state index in [1.165, 1.54) is 11.8 Å². The van der Waals surface area contributed by atoms with Gasteiger partial charge < -0.3 is 15.5 Å². The minimum atomic E-state index is -1.08. The van der Waals surface area contributed by atoms with Crippen LogP contribution in [0.15, 0.2) is 84.2 Å². The summed E-state index contributed by atoms with van der Waals surface area (Å²) in [5.41, 5.74) is 0.0974. The molecule has 212 valence electrons. The van der Waals surface area contributed by atoms with Gasteiger partial charge in [-0.25, -0.2) is 33.1 Å². The number of rotatable bonds is 5. The number of pyridine rings is 1. The van der Waals surface area contributed by atoms with E-state index in [1.807, 2.05) is 17.0 Å². The van der Waals surface area contributed by atoms with Crippen LogP contribution in [-0.2, 0) is 5.54 Å². The minimum absolute atomic E-state index is 0.0734. The van der Waals surface area contributed by atoms with Crippen LogP contribution in [0, 0.1) is 23.4 Å². The summed E-state index contributed by atoms with van der Waals surface area (Å²) in [7, 11) is 0. The van der Waals surface area contributed by atoms with Gasteiger partial charge in [-0.15, -0.1) is 0 Å². The molecule has 4 heterocycles. The van der Waals surface area contributed by atoms with E-state index in [0.29, 0.717) is 52.8 Å².